The van der Waals surface area contributed by atoms with Crippen molar-refractivity contribution in [1.29, 1.82) is 5.26 Å². The van der Waals surface area contributed by atoms with Crippen LogP contribution >= 0.6 is 11.3 Å². The van der Waals surface area contributed by atoms with Crippen LogP contribution in [0.5, 0.6) is 0 Å². The number of thiophene rings is 1. The minimum Gasteiger partial charge on any atom is -0.254 e. The highest BCUT2D eigenvalue weighted by atomic mass is 32.1. The van der Waals surface area contributed by atoms with Crippen LogP contribution in [0.3, 0.4) is 0 Å². The van der Waals surface area contributed by atoms with Crippen molar-refractivity contribution in [1.82, 2.24) is 4.98 Å². The van der Waals surface area contributed by atoms with E-state index in [9.17, 15) is 0 Å². The third kappa shape index (κ3) is 1.06. The Morgan fingerprint density at radius 1 is 1.50 bits per heavy atom. The molecule has 0 radical (unpaired) electrons. The van der Waals surface area contributed by atoms with Crippen LogP contribution in [-0.4, -0.2) is 4.98 Å². The van der Waals surface area contributed by atoms with Gasteiger partial charge in [0.1, 0.15) is 6.07 Å². The van der Waals surface area contributed by atoms with Crippen LogP contribution in [0.2, 0.25) is 0 Å². The summed E-state index contributed by atoms with van der Waals surface area (Å²) in [5.74, 6) is 0. The molecule has 0 aliphatic carbocycles. The molecule has 2 rings (SSSR count). The fourth-order valence-corrected chi connectivity index (χ4v) is 2.02. The number of rotatable bonds is 0. The average molecular weight is 174 g/mol. The monoisotopic (exact) mass is 174 g/mol. The maximum Gasteiger partial charge on any atom is 0.101 e. The normalized spacial score (nSPS) is 10.0. The van der Waals surface area contributed by atoms with Gasteiger partial charge in [-0.1, -0.05) is 0 Å². The van der Waals surface area contributed by atoms with Crippen molar-refractivity contribution >= 4 is 21.6 Å². The van der Waals surface area contributed by atoms with E-state index in [0.29, 0.717) is 5.56 Å². The first-order chi connectivity index (χ1) is 5.79. The SMILES string of the molecule is Cc1cc2ncc(C#N)cc2s1. The van der Waals surface area contributed by atoms with Crippen molar-refractivity contribution in [2.45, 2.75) is 6.92 Å². The summed E-state index contributed by atoms with van der Waals surface area (Å²) in [7, 11) is 0. The first-order valence-electron chi connectivity index (χ1n) is 3.56. The Kier molecular flexibility index (Phi) is 1.56. The highest BCUT2D eigenvalue weighted by molar-refractivity contribution is 7.18. The summed E-state index contributed by atoms with van der Waals surface area (Å²) in [6, 6.07) is 5.98. The van der Waals surface area contributed by atoms with Gasteiger partial charge in [0.2, 0.25) is 0 Å². The molecule has 0 spiro atoms. The maximum atomic E-state index is 8.62. The summed E-state index contributed by atoms with van der Waals surface area (Å²) in [6.45, 7) is 2.04. The van der Waals surface area contributed by atoms with E-state index >= 15 is 0 Å². The van der Waals surface area contributed by atoms with E-state index in [4.69, 9.17) is 5.26 Å². The second-order valence-corrected chi connectivity index (χ2v) is 3.86. The van der Waals surface area contributed by atoms with Gasteiger partial charge < -0.3 is 0 Å². The molecule has 58 valence electrons. The molecule has 0 aromatic carbocycles. The standard InChI is InChI=1S/C9H6N2S/c1-6-2-8-9(12-6)3-7(4-10)5-11-8/h2-3,5H,1H3. The van der Waals surface area contributed by atoms with E-state index in [-0.39, 0.29) is 0 Å². The highest BCUT2D eigenvalue weighted by Crippen LogP contribution is 2.23. The quantitative estimate of drug-likeness (QED) is 0.615. The lowest BCUT2D eigenvalue weighted by Crippen LogP contribution is -1.75. The lowest BCUT2D eigenvalue weighted by molar-refractivity contribution is 1.38. The van der Waals surface area contributed by atoms with Crippen molar-refractivity contribution in [2.75, 3.05) is 0 Å². The van der Waals surface area contributed by atoms with Gasteiger partial charge in [-0.05, 0) is 19.1 Å². The van der Waals surface area contributed by atoms with Crippen molar-refractivity contribution in [3.63, 3.8) is 0 Å². The van der Waals surface area contributed by atoms with Crippen LogP contribution < -0.4 is 0 Å². The Bertz CT molecular complexity index is 465. The summed E-state index contributed by atoms with van der Waals surface area (Å²) in [4.78, 5) is 5.39. The van der Waals surface area contributed by atoms with Crippen LogP contribution in [0.15, 0.2) is 18.3 Å². The van der Waals surface area contributed by atoms with E-state index in [1.165, 1.54) is 4.88 Å². The van der Waals surface area contributed by atoms with E-state index in [0.717, 1.165) is 10.2 Å². The molecule has 0 fully saturated rings. The third-order valence-electron chi connectivity index (χ3n) is 1.62. The number of aryl methyl sites for hydroxylation is 1. The summed E-state index contributed by atoms with van der Waals surface area (Å²) in [5.41, 5.74) is 1.61. The lowest BCUT2D eigenvalue weighted by atomic mass is 10.3. The lowest BCUT2D eigenvalue weighted by Gasteiger charge is -1.87. The van der Waals surface area contributed by atoms with Gasteiger partial charge in [0, 0.05) is 11.1 Å². The van der Waals surface area contributed by atoms with Gasteiger partial charge in [0.05, 0.1) is 15.8 Å². The minimum absolute atomic E-state index is 0.629. The second-order valence-electron chi connectivity index (χ2n) is 2.58. The Labute approximate surface area is 74.1 Å². The van der Waals surface area contributed by atoms with Gasteiger partial charge in [0.15, 0.2) is 0 Å². The van der Waals surface area contributed by atoms with Gasteiger partial charge >= 0.3 is 0 Å². The van der Waals surface area contributed by atoms with Gasteiger partial charge in [-0.15, -0.1) is 11.3 Å². The summed E-state index contributed by atoms with van der Waals surface area (Å²) < 4.78 is 1.09. The van der Waals surface area contributed by atoms with E-state index in [2.05, 4.69) is 11.1 Å². The highest BCUT2D eigenvalue weighted by Gasteiger charge is 1.99. The van der Waals surface area contributed by atoms with Gasteiger partial charge in [-0.25, -0.2) is 0 Å². The fourth-order valence-electron chi connectivity index (χ4n) is 1.10. The number of hydrogen-bond acceptors (Lipinski definition) is 3. The first kappa shape index (κ1) is 7.26. The number of nitrogens with zero attached hydrogens (tertiary/aromatic N) is 2. The predicted octanol–water partition coefficient (Wildman–Crippen LogP) is 2.48. The Hall–Kier alpha value is -1.40. The molecular formula is C9H6N2S. The minimum atomic E-state index is 0.629. The zero-order valence-electron chi connectivity index (χ0n) is 6.53. The summed E-state index contributed by atoms with van der Waals surface area (Å²) in [6.07, 6.45) is 1.61. The molecule has 0 unspecified atom stereocenters. The largest absolute Gasteiger partial charge is 0.254 e. The summed E-state index contributed by atoms with van der Waals surface area (Å²) >= 11 is 1.67. The molecule has 2 nitrogen and oxygen atoms in total. The molecule has 0 aliphatic rings. The number of hydrogen-bond donors (Lipinski definition) is 0. The van der Waals surface area contributed by atoms with Gasteiger partial charge in [-0.2, -0.15) is 5.26 Å². The predicted molar refractivity (Wildman–Crippen MR) is 49.1 cm³/mol. The van der Waals surface area contributed by atoms with E-state index in [1.807, 2.05) is 19.1 Å². The van der Waals surface area contributed by atoms with Crippen molar-refractivity contribution in [3.8, 4) is 6.07 Å². The summed E-state index contributed by atoms with van der Waals surface area (Å²) in [5, 5.41) is 8.62. The molecule has 12 heavy (non-hydrogen) atoms. The molecule has 2 aromatic heterocycles. The maximum absolute atomic E-state index is 8.62. The Morgan fingerprint density at radius 2 is 2.33 bits per heavy atom. The number of pyridine rings is 1. The molecule has 0 N–H and O–H groups in total. The Morgan fingerprint density at radius 3 is 3.08 bits per heavy atom. The van der Waals surface area contributed by atoms with Crippen LogP contribution in [0.1, 0.15) is 10.4 Å². The number of nitriles is 1. The van der Waals surface area contributed by atoms with E-state index in [1.54, 1.807) is 17.5 Å². The zero-order valence-corrected chi connectivity index (χ0v) is 7.35. The van der Waals surface area contributed by atoms with Crippen molar-refractivity contribution < 1.29 is 0 Å². The molecule has 2 aromatic rings. The topological polar surface area (TPSA) is 36.7 Å². The molecule has 0 atom stereocenters. The van der Waals surface area contributed by atoms with Crippen molar-refractivity contribution in [3.05, 3.63) is 28.8 Å². The molecule has 0 aliphatic heterocycles. The molecule has 2 heterocycles. The first-order valence-corrected chi connectivity index (χ1v) is 4.37. The van der Waals surface area contributed by atoms with Crippen LogP contribution in [0.25, 0.3) is 10.2 Å². The molecular weight excluding hydrogens is 168 g/mol. The zero-order chi connectivity index (χ0) is 8.55. The van der Waals surface area contributed by atoms with Gasteiger partial charge in [-0.3, -0.25) is 4.98 Å². The van der Waals surface area contributed by atoms with E-state index < -0.39 is 0 Å². The number of fused-ring (bicyclic) bond motifs is 1. The van der Waals surface area contributed by atoms with Crippen molar-refractivity contribution in [2.24, 2.45) is 0 Å². The smallest absolute Gasteiger partial charge is 0.101 e. The number of aromatic nitrogens is 1. The fraction of sp³-hybridized carbons (Fsp3) is 0.111. The van der Waals surface area contributed by atoms with Crippen LogP contribution in [0.4, 0.5) is 0 Å². The Balaban J connectivity index is 2.77. The molecule has 0 saturated carbocycles. The van der Waals surface area contributed by atoms with Crippen LogP contribution in [-0.2, 0) is 0 Å². The molecule has 0 saturated heterocycles. The van der Waals surface area contributed by atoms with Gasteiger partial charge in [0.25, 0.3) is 0 Å². The molecule has 0 amide bonds. The van der Waals surface area contributed by atoms with Crippen LogP contribution in [0, 0.1) is 18.3 Å². The average Bonchev–Trinajstić information content (AvgIpc) is 2.43. The third-order valence-corrected chi connectivity index (χ3v) is 2.61. The molecule has 0 bridgehead atoms. The second kappa shape index (κ2) is 2.58. The molecule has 3 heteroatoms.